The zero-order chi connectivity index (χ0) is 13.7. The minimum atomic E-state index is 0.159. The number of nitrogens with zero attached hydrogens (tertiary/aromatic N) is 1. The van der Waals surface area contributed by atoms with Gasteiger partial charge in [-0.05, 0) is 19.2 Å². The normalized spacial score (nSPS) is 10.9. The Bertz CT molecular complexity index is 537. The molecule has 0 aliphatic rings. The van der Waals surface area contributed by atoms with Gasteiger partial charge in [-0.2, -0.15) is 0 Å². The largest absolute Gasteiger partial charge is 0.472 e. The number of carbonyl (C=O) groups excluding carboxylic acids is 1. The first-order valence-electron chi connectivity index (χ1n) is 6.14. The average Bonchev–Trinajstić information content (AvgIpc) is 2.89. The maximum Gasteiger partial charge on any atom is 0.165 e. The van der Waals surface area contributed by atoms with E-state index >= 15 is 0 Å². The van der Waals surface area contributed by atoms with Crippen molar-refractivity contribution in [1.29, 1.82) is 0 Å². The summed E-state index contributed by atoms with van der Waals surface area (Å²) >= 11 is 3.41. The summed E-state index contributed by atoms with van der Waals surface area (Å²) in [4.78, 5) is 14.2. The first kappa shape index (κ1) is 14.0. The zero-order valence-electron chi connectivity index (χ0n) is 10.8. The molecule has 1 aromatic carbocycles. The molecule has 100 valence electrons. The number of hydrogen-bond acceptors (Lipinski definition) is 3. The predicted molar refractivity (Wildman–Crippen MR) is 78.1 cm³/mol. The van der Waals surface area contributed by atoms with Crippen LogP contribution in [0.5, 0.6) is 0 Å². The molecule has 0 amide bonds. The topological polar surface area (TPSA) is 33.5 Å². The summed E-state index contributed by atoms with van der Waals surface area (Å²) in [5.74, 6) is 0.159. The standard InChI is InChI=1S/C15H16BrNO2/c1-17(10-12-7-9-19-11-12)8-6-15(18)13-4-2-3-5-14(13)16/h2-5,7,9,11H,6,8,10H2,1H3. The van der Waals surface area contributed by atoms with Crippen molar-refractivity contribution >= 4 is 21.7 Å². The summed E-state index contributed by atoms with van der Waals surface area (Å²) < 4.78 is 5.89. The Kier molecular flexibility index (Phi) is 4.93. The summed E-state index contributed by atoms with van der Waals surface area (Å²) in [6, 6.07) is 9.47. The van der Waals surface area contributed by atoms with Crippen LogP contribution in [0.1, 0.15) is 22.3 Å². The molecule has 0 aliphatic carbocycles. The Morgan fingerprint density at radius 3 is 2.79 bits per heavy atom. The summed E-state index contributed by atoms with van der Waals surface area (Å²) in [5, 5.41) is 0. The van der Waals surface area contributed by atoms with Crippen molar-refractivity contribution in [2.24, 2.45) is 0 Å². The van der Waals surface area contributed by atoms with E-state index in [4.69, 9.17) is 4.42 Å². The number of Topliss-reactive ketones (excluding diaryl/α,β-unsaturated/α-hetero) is 1. The van der Waals surface area contributed by atoms with Crippen LogP contribution < -0.4 is 0 Å². The van der Waals surface area contributed by atoms with Gasteiger partial charge >= 0.3 is 0 Å². The van der Waals surface area contributed by atoms with Crippen molar-refractivity contribution in [3.63, 3.8) is 0 Å². The Hall–Kier alpha value is -1.39. The average molecular weight is 322 g/mol. The van der Waals surface area contributed by atoms with Gasteiger partial charge in [-0.3, -0.25) is 4.79 Å². The van der Waals surface area contributed by atoms with Gasteiger partial charge in [0.25, 0.3) is 0 Å². The number of ketones is 1. The smallest absolute Gasteiger partial charge is 0.165 e. The van der Waals surface area contributed by atoms with Gasteiger partial charge in [0.15, 0.2) is 5.78 Å². The van der Waals surface area contributed by atoms with Crippen LogP contribution in [0, 0.1) is 0 Å². The van der Waals surface area contributed by atoms with Gasteiger partial charge in [-0.15, -0.1) is 0 Å². The van der Waals surface area contributed by atoms with Crippen LogP contribution in [0.3, 0.4) is 0 Å². The lowest BCUT2D eigenvalue weighted by Crippen LogP contribution is -2.21. The van der Waals surface area contributed by atoms with Crippen LogP contribution >= 0.6 is 15.9 Å². The molecule has 0 N–H and O–H groups in total. The molecule has 0 spiro atoms. The van der Waals surface area contributed by atoms with E-state index in [2.05, 4.69) is 20.8 Å². The van der Waals surface area contributed by atoms with Gasteiger partial charge in [0.1, 0.15) is 0 Å². The van der Waals surface area contributed by atoms with Gasteiger partial charge in [0, 0.05) is 35.1 Å². The van der Waals surface area contributed by atoms with Crippen LogP contribution in [0.2, 0.25) is 0 Å². The van der Waals surface area contributed by atoms with E-state index in [0.717, 1.165) is 28.7 Å². The molecule has 0 atom stereocenters. The molecule has 0 radical (unpaired) electrons. The van der Waals surface area contributed by atoms with Crippen LogP contribution in [-0.4, -0.2) is 24.3 Å². The van der Waals surface area contributed by atoms with Crippen LogP contribution in [0.15, 0.2) is 51.7 Å². The highest BCUT2D eigenvalue weighted by Crippen LogP contribution is 2.17. The third-order valence-electron chi connectivity index (χ3n) is 2.93. The predicted octanol–water partition coefficient (Wildman–Crippen LogP) is 3.75. The monoisotopic (exact) mass is 321 g/mol. The molecule has 0 saturated carbocycles. The number of carbonyl (C=O) groups is 1. The number of rotatable bonds is 6. The van der Waals surface area contributed by atoms with Crippen molar-refractivity contribution in [2.75, 3.05) is 13.6 Å². The minimum absolute atomic E-state index is 0.159. The third-order valence-corrected chi connectivity index (χ3v) is 3.62. The highest BCUT2D eigenvalue weighted by molar-refractivity contribution is 9.10. The molecule has 1 heterocycles. The number of hydrogen-bond donors (Lipinski definition) is 0. The quantitative estimate of drug-likeness (QED) is 0.760. The van der Waals surface area contributed by atoms with Gasteiger partial charge < -0.3 is 9.32 Å². The Morgan fingerprint density at radius 2 is 2.11 bits per heavy atom. The first-order valence-corrected chi connectivity index (χ1v) is 6.93. The molecular weight excluding hydrogens is 306 g/mol. The fourth-order valence-corrected chi connectivity index (χ4v) is 2.39. The van der Waals surface area contributed by atoms with E-state index in [1.165, 1.54) is 0 Å². The molecular formula is C15H16BrNO2. The maximum atomic E-state index is 12.1. The lowest BCUT2D eigenvalue weighted by molar-refractivity contribution is 0.0967. The second-order valence-corrected chi connectivity index (χ2v) is 5.38. The van der Waals surface area contributed by atoms with Crippen LogP contribution in [0.4, 0.5) is 0 Å². The number of benzene rings is 1. The van der Waals surface area contributed by atoms with Gasteiger partial charge in [-0.25, -0.2) is 0 Å². The SMILES string of the molecule is CN(CCC(=O)c1ccccc1Br)Cc1ccoc1. The van der Waals surface area contributed by atoms with Crippen molar-refractivity contribution in [2.45, 2.75) is 13.0 Å². The fraction of sp³-hybridized carbons (Fsp3) is 0.267. The lowest BCUT2D eigenvalue weighted by Gasteiger charge is -2.15. The minimum Gasteiger partial charge on any atom is -0.472 e. The van der Waals surface area contributed by atoms with E-state index in [-0.39, 0.29) is 5.78 Å². The summed E-state index contributed by atoms with van der Waals surface area (Å²) in [7, 11) is 2.00. The van der Waals surface area contributed by atoms with Gasteiger partial charge in [0.2, 0.25) is 0 Å². The Labute approximate surface area is 121 Å². The fourth-order valence-electron chi connectivity index (χ4n) is 1.89. The molecule has 0 bridgehead atoms. The molecule has 0 saturated heterocycles. The summed E-state index contributed by atoms with van der Waals surface area (Å²) in [6.07, 6.45) is 3.90. The second-order valence-electron chi connectivity index (χ2n) is 4.52. The molecule has 0 unspecified atom stereocenters. The second kappa shape index (κ2) is 6.68. The number of halogens is 1. The van der Waals surface area contributed by atoms with Crippen molar-refractivity contribution in [3.05, 3.63) is 58.5 Å². The van der Waals surface area contributed by atoms with Crippen molar-refractivity contribution in [1.82, 2.24) is 4.90 Å². The highest BCUT2D eigenvalue weighted by atomic mass is 79.9. The first-order chi connectivity index (χ1) is 9.16. The summed E-state index contributed by atoms with van der Waals surface area (Å²) in [5.41, 5.74) is 1.87. The van der Waals surface area contributed by atoms with E-state index in [1.54, 1.807) is 12.5 Å². The number of furan rings is 1. The Balaban J connectivity index is 1.85. The molecule has 19 heavy (non-hydrogen) atoms. The maximum absolute atomic E-state index is 12.1. The molecule has 2 rings (SSSR count). The van der Waals surface area contributed by atoms with E-state index in [9.17, 15) is 4.79 Å². The Morgan fingerprint density at radius 1 is 1.32 bits per heavy atom. The van der Waals surface area contributed by atoms with E-state index in [1.807, 2.05) is 37.4 Å². The van der Waals surface area contributed by atoms with Crippen molar-refractivity contribution < 1.29 is 9.21 Å². The van der Waals surface area contributed by atoms with Gasteiger partial charge in [0.05, 0.1) is 12.5 Å². The summed E-state index contributed by atoms with van der Waals surface area (Å²) in [6.45, 7) is 1.52. The molecule has 2 aromatic rings. The van der Waals surface area contributed by atoms with Crippen molar-refractivity contribution in [3.8, 4) is 0 Å². The highest BCUT2D eigenvalue weighted by Gasteiger charge is 2.10. The molecule has 0 aliphatic heterocycles. The van der Waals surface area contributed by atoms with E-state index in [0.29, 0.717) is 6.42 Å². The molecule has 1 aromatic heterocycles. The molecule has 4 heteroatoms. The van der Waals surface area contributed by atoms with Gasteiger partial charge in [-0.1, -0.05) is 34.1 Å². The molecule has 0 fully saturated rings. The van der Waals surface area contributed by atoms with Crippen LogP contribution in [-0.2, 0) is 6.54 Å². The van der Waals surface area contributed by atoms with Crippen LogP contribution in [0.25, 0.3) is 0 Å². The zero-order valence-corrected chi connectivity index (χ0v) is 12.4. The lowest BCUT2D eigenvalue weighted by atomic mass is 10.1. The molecule has 3 nitrogen and oxygen atoms in total. The van der Waals surface area contributed by atoms with E-state index < -0.39 is 0 Å². The third kappa shape index (κ3) is 4.04.